The Morgan fingerprint density at radius 3 is 2.30 bits per heavy atom. The Bertz CT molecular complexity index is 1050. The maximum absolute atomic E-state index is 15.5. The van der Waals surface area contributed by atoms with Gasteiger partial charge in [-0.25, -0.2) is 8.78 Å². The Balaban J connectivity index is 1.78. The summed E-state index contributed by atoms with van der Waals surface area (Å²) >= 11 is 0. The highest BCUT2D eigenvalue weighted by atomic mass is 19.4. The van der Waals surface area contributed by atoms with E-state index in [9.17, 15) is 17.6 Å². The normalized spacial score (nSPS) is 17.5. The second-order valence-corrected chi connectivity index (χ2v) is 7.43. The Labute approximate surface area is 170 Å². The van der Waals surface area contributed by atoms with Gasteiger partial charge in [-0.2, -0.15) is 13.2 Å². The molecule has 0 fully saturated rings. The Morgan fingerprint density at radius 2 is 1.67 bits per heavy atom. The SMILES string of the molecule is CN1CCC(c2ccc(F)cc2)c2ccc(-c3ccc(C(F)(F)F)nn3)c(F)c2C1. The van der Waals surface area contributed by atoms with Crippen LogP contribution in [0.1, 0.15) is 34.7 Å². The largest absolute Gasteiger partial charge is 0.435 e. The van der Waals surface area contributed by atoms with Crippen molar-refractivity contribution < 1.29 is 22.0 Å². The fraction of sp³-hybridized carbons (Fsp3) is 0.273. The lowest BCUT2D eigenvalue weighted by atomic mass is 9.85. The molecule has 1 unspecified atom stereocenters. The molecule has 0 amide bonds. The number of halogens is 5. The standard InChI is InChI=1S/C22H18F5N3/c1-30-11-10-15(13-2-4-14(23)5-3-13)16-6-7-17(21(24)18(16)12-30)19-8-9-20(29-28-19)22(25,26)27/h2-9,15H,10-12H2,1H3. The molecule has 2 aromatic carbocycles. The van der Waals surface area contributed by atoms with E-state index >= 15 is 4.39 Å². The van der Waals surface area contributed by atoms with Crippen LogP contribution < -0.4 is 0 Å². The molecule has 1 aliphatic heterocycles. The van der Waals surface area contributed by atoms with E-state index < -0.39 is 17.7 Å². The summed E-state index contributed by atoms with van der Waals surface area (Å²) in [6.45, 7) is 1.06. The molecular formula is C22H18F5N3. The van der Waals surface area contributed by atoms with Gasteiger partial charge in [0.1, 0.15) is 11.6 Å². The zero-order chi connectivity index (χ0) is 21.5. The zero-order valence-electron chi connectivity index (χ0n) is 16.0. The second kappa shape index (κ2) is 7.75. The van der Waals surface area contributed by atoms with Crippen molar-refractivity contribution in [2.45, 2.75) is 25.1 Å². The number of fused-ring (bicyclic) bond motifs is 1. The van der Waals surface area contributed by atoms with Gasteiger partial charge in [0.15, 0.2) is 5.69 Å². The monoisotopic (exact) mass is 419 g/mol. The molecule has 1 atom stereocenters. The molecule has 0 spiro atoms. The quantitative estimate of drug-likeness (QED) is 0.521. The Hall–Kier alpha value is -2.87. The third kappa shape index (κ3) is 3.92. The molecule has 0 saturated heterocycles. The average Bonchev–Trinajstić information content (AvgIpc) is 2.88. The molecule has 0 radical (unpaired) electrons. The van der Waals surface area contributed by atoms with Crippen molar-refractivity contribution in [1.29, 1.82) is 0 Å². The minimum absolute atomic E-state index is 0.0357. The van der Waals surface area contributed by atoms with Crippen LogP contribution in [0, 0.1) is 11.6 Å². The third-order valence-corrected chi connectivity index (χ3v) is 5.39. The minimum Gasteiger partial charge on any atom is -0.302 e. The van der Waals surface area contributed by atoms with E-state index in [0.29, 0.717) is 18.7 Å². The van der Waals surface area contributed by atoms with Gasteiger partial charge in [0.05, 0.1) is 5.69 Å². The zero-order valence-corrected chi connectivity index (χ0v) is 16.0. The van der Waals surface area contributed by atoms with E-state index in [1.54, 1.807) is 18.2 Å². The van der Waals surface area contributed by atoms with Gasteiger partial charge < -0.3 is 4.90 Å². The smallest absolute Gasteiger partial charge is 0.302 e. The van der Waals surface area contributed by atoms with Crippen molar-refractivity contribution >= 4 is 0 Å². The number of benzene rings is 2. The molecular weight excluding hydrogens is 401 g/mol. The van der Waals surface area contributed by atoms with Crippen LogP contribution in [-0.2, 0) is 12.7 Å². The van der Waals surface area contributed by atoms with E-state index in [1.165, 1.54) is 18.2 Å². The first-order valence-corrected chi connectivity index (χ1v) is 9.40. The molecule has 4 rings (SSSR count). The first-order chi connectivity index (χ1) is 14.2. The van der Waals surface area contributed by atoms with Gasteiger partial charge in [0.2, 0.25) is 0 Å². The van der Waals surface area contributed by atoms with Gasteiger partial charge >= 0.3 is 6.18 Å². The topological polar surface area (TPSA) is 29.0 Å². The highest BCUT2D eigenvalue weighted by molar-refractivity contribution is 5.62. The molecule has 0 bridgehead atoms. The summed E-state index contributed by atoms with van der Waals surface area (Å²) in [4.78, 5) is 1.98. The second-order valence-electron chi connectivity index (χ2n) is 7.43. The van der Waals surface area contributed by atoms with Gasteiger partial charge in [0, 0.05) is 23.6 Å². The summed E-state index contributed by atoms with van der Waals surface area (Å²) in [5, 5.41) is 6.79. The number of hydrogen-bond acceptors (Lipinski definition) is 3. The molecule has 2 heterocycles. The van der Waals surface area contributed by atoms with Crippen molar-refractivity contribution in [3.05, 3.63) is 82.5 Å². The number of alkyl halides is 3. The molecule has 1 aromatic heterocycles. The van der Waals surface area contributed by atoms with Crippen LogP contribution in [0.3, 0.4) is 0 Å². The fourth-order valence-electron chi connectivity index (χ4n) is 3.84. The van der Waals surface area contributed by atoms with Crippen LogP contribution in [0.15, 0.2) is 48.5 Å². The van der Waals surface area contributed by atoms with E-state index in [4.69, 9.17) is 0 Å². The van der Waals surface area contributed by atoms with Crippen LogP contribution in [0.2, 0.25) is 0 Å². The third-order valence-electron chi connectivity index (χ3n) is 5.39. The van der Waals surface area contributed by atoms with Gasteiger partial charge in [-0.1, -0.05) is 18.2 Å². The van der Waals surface area contributed by atoms with Crippen molar-refractivity contribution in [1.82, 2.24) is 15.1 Å². The predicted octanol–water partition coefficient (Wildman–Crippen LogP) is 5.41. The fourth-order valence-corrected chi connectivity index (χ4v) is 3.84. The molecule has 30 heavy (non-hydrogen) atoms. The lowest BCUT2D eigenvalue weighted by Gasteiger charge is -2.19. The maximum atomic E-state index is 15.5. The summed E-state index contributed by atoms with van der Waals surface area (Å²) in [7, 11) is 1.88. The summed E-state index contributed by atoms with van der Waals surface area (Å²) in [5.74, 6) is -0.984. The molecule has 0 N–H and O–H groups in total. The highest BCUT2D eigenvalue weighted by Gasteiger charge is 2.33. The average molecular weight is 419 g/mol. The van der Waals surface area contributed by atoms with Crippen LogP contribution in [0.4, 0.5) is 22.0 Å². The number of hydrogen-bond donors (Lipinski definition) is 0. The molecule has 3 nitrogen and oxygen atoms in total. The van der Waals surface area contributed by atoms with Crippen molar-refractivity contribution in [2.24, 2.45) is 0 Å². The molecule has 1 aliphatic rings. The van der Waals surface area contributed by atoms with Crippen molar-refractivity contribution in [2.75, 3.05) is 13.6 Å². The molecule has 0 aliphatic carbocycles. The first-order valence-electron chi connectivity index (χ1n) is 9.40. The van der Waals surface area contributed by atoms with Gasteiger partial charge in [-0.3, -0.25) is 0 Å². The number of rotatable bonds is 2. The van der Waals surface area contributed by atoms with Crippen molar-refractivity contribution in [3.63, 3.8) is 0 Å². The molecule has 3 aromatic rings. The lowest BCUT2D eigenvalue weighted by Crippen LogP contribution is -2.18. The van der Waals surface area contributed by atoms with Crippen LogP contribution in [0.25, 0.3) is 11.3 Å². The summed E-state index contributed by atoms with van der Waals surface area (Å²) in [6, 6.07) is 11.4. The summed E-state index contributed by atoms with van der Waals surface area (Å²) in [6.07, 6.45) is -3.88. The number of aromatic nitrogens is 2. The molecule has 8 heteroatoms. The van der Waals surface area contributed by atoms with E-state index in [0.717, 1.165) is 29.7 Å². The van der Waals surface area contributed by atoms with E-state index in [2.05, 4.69) is 10.2 Å². The van der Waals surface area contributed by atoms with Gasteiger partial charge in [0.25, 0.3) is 0 Å². The van der Waals surface area contributed by atoms with Crippen LogP contribution in [0.5, 0.6) is 0 Å². The summed E-state index contributed by atoms with van der Waals surface area (Å²) < 4.78 is 67.1. The minimum atomic E-state index is -4.61. The highest BCUT2D eigenvalue weighted by Crippen LogP contribution is 2.38. The van der Waals surface area contributed by atoms with Crippen LogP contribution in [-0.4, -0.2) is 28.7 Å². The first kappa shape index (κ1) is 20.4. The van der Waals surface area contributed by atoms with E-state index in [1.807, 2.05) is 11.9 Å². The predicted molar refractivity (Wildman–Crippen MR) is 102 cm³/mol. The number of nitrogens with zero attached hydrogens (tertiary/aromatic N) is 3. The molecule has 0 saturated carbocycles. The van der Waals surface area contributed by atoms with Gasteiger partial charge in [-0.15, -0.1) is 10.2 Å². The summed E-state index contributed by atoms with van der Waals surface area (Å²) in [5.41, 5.74) is 1.14. The van der Waals surface area contributed by atoms with Crippen molar-refractivity contribution in [3.8, 4) is 11.3 Å². The molecule has 156 valence electrons. The van der Waals surface area contributed by atoms with E-state index in [-0.39, 0.29) is 23.0 Å². The maximum Gasteiger partial charge on any atom is 0.435 e. The Kier molecular flexibility index (Phi) is 5.27. The Morgan fingerprint density at radius 1 is 0.933 bits per heavy atom. The van der Waals surface area contributed by atoms with Gasteiger partial charge in [-0.05, 0) is 61.5 Å². The lowest BCUT2D eigenvalue weighted by molar-refractivity contribution is -0.141. The van der Waals surface area contributed by atoms with Crippen LogP contribution >= 0.6 is 0 Å².